The number of aromatic nitrogens is 1. The number of carbonyl (C=O) groups excluding carboxylic acids is 1. The second kappa shape index (κ2) is 6.87. The first-order valence-electron chi connectivity index (χ1n) is 7.41. The summed E-state index contributed by atoms with van der Waals surface area (Å²) in [6, 6.07) is 15.0. The van der Waals surface area contributed by atoms with Gasteiger partial charge in [0.2, 0.25) is 0 Å². The molecule has 0 saturated heterocycles. The number of hydrogen-bond donors (Lipinski definition) is 3. The second-order valence-electron chi connectivity index (χ2n) is 5.26. The van der Waals surface area contributed by atoms with E-state index in [1.54, 1.807) is 24.4 Å². The van der Waals surface area contributed by atoms with Crippen LogP contribution >= 0.6 is 0 Å². The van der Waals surface area contributed by atoms with Crippen molar-refractivity contribution >= 4 is 23.0 Å². The van der Waals surface area contributed by atoms with Gasteiger partial charge in [0.1, 0.15) is 6.61 Å². The standard InChI is InChI=1S/C18H16N2O4/c21-17(22)16(14-7-4-8-15-13(14)9-10-19-15)20-18(23)24-11-12-5-2-1-3-6-12/h1-10,16,19H,11H2,(H,20,23)(H,21,22). The maximum Gasteiger partial charge on any atom is 0.408 e. The van der Waals surface area contributed by atoms with Crippen molar-refractivity contribution in [1.82, 2.24) is 10.3 Å². The summed E-state index contributed by atoms with van der Waals surface area (Å²) in [5, 5.41) is 12.6. The van der Waals surface area contributed by atoms with Gasteiger partial charge in [0.15, 0.2) is 6.04 Å². The summed E-state index contributed by atoms with van der Waals surface area (Å²) >= 11 is 0. The maximum absolute atomic E-state index is 12.0. The van der Waals surface area contributed by atoms with Gasteiger partial charge in [0.05, 0.1) is 0 Å². The minimum Gasteiger partial charge on any atom is -0.479 e. The van der Waals surface area contributed by atoms with E-state index in [4.69, 9.17) is 4.74 Å². The largest absolute Gasteiger partial charge is 0.479 e. The highest BCUT2D eigenvalue weighted by atomic mass is 16.5. The lowest BCUT2D eigenvalue weighted by Gasteiger charge is -2.16. The number of aromatic amines is 1. The zero-order valence-corrected chi connectivity index (χ0v) is 12.7. The molecule has 3 rings (SSSR count). The van der Waals surface area contributed by atoms with Crippen molar-refractivity contribution in [2.45, 2.75) is 12.6 Å². The number of carboxylic acid groups (broad SMARTS) is 1. The SMILES string of the molecule is O=C(NC(C(=O)O)c1cccc2[nH]ccc12)OCc1ccccc1. The quantitative estimate of drug-likeness (QED) is 0.672. The number of rotatable bonds is 5. The second-order valence-corrected chi connectivity index (χ2v) is 5.26. The van der Waals surface area contributed by atoms with Crippen LogP contribution in [0.5, 0.6) is 0 Å². The van der Waals surface area contributed by atoms with E-state index < -0.39 is 18.1 Å². The fraction of sp³-hybridized carbons (Fsp3) is 0.111. The zero-order chi connectivity index (χ0) is 16.9. The molecule has 0 radical (unpaired) electrons. The average molecular weight is 324 g/mol. The molecule has 2 aromatic carbocycles. The van der Waals surface area contributed by atoms with E-state index in [1.807, 2.05) is 36.4 Å². The molecule has 6 heteroatoms. The smallest absolute Gasteiger partial charge is 0.408 e. The van der Waals surface area contributed by atoms with Crippen LogP contribution in [0.15, 0.2) is 60.8 Å². The Hall–Kier alpha value is -3.28. The van der Waals surface area contributed by atoms with Crippen LogP contribution in [0.2, 0.25) is 0 Å². The number of alkyl carbamates (subject to hydrolysis) is 1. The predicted molar refractivity (Wildman–Crippen MR) is 88.4 cm³/mol. The first kappa shape index (κ1) is 15.6. The highest BCUT2D eigenvalue weighted by Gasteiger charge is 2.24. The maximum atomic E-state index is 12.0. The summed E-state index contributed by atoms with van der Waals surface area (Å²) in [5.74, 6) is -1.15. The fourth-order valence-electron chi connectivity index (χ4n) is 2.52. The summed E-state index contributed by atoms with van der Waals surface area (Å²) < 4.78 is 5.10. The first-order chi connectivity index (χ1) is 11.6. The van der Waals surface area contributed by atoms with Crippen molar-refractivity contribution in [2.75, 3.05) is 0 Å². The number of H-pyrrole nitrogens is 1. The molecule has 0 fully saturated rings. The van der Waals surface area contributed by atoms with Crippen LogP contribution in [-0.4, -0.2) is 22.2 Å². The number of aliphatic carboxylic acids is 1. The molecular weight excluding hydrogens is 308 g/mol. The minimum atomic E-state index is -1.19. The molecule has 0 aliphatic heterocycles. The molecule has 6 nitrogen and oxygen atoms in total. The molecule has 1 heterocycles. The molecule has 0 bridgehead atoms. The normalized spacial score (nSPS) is 11.8. The molecule has 0 aliphatic carbocycles. The third kappa shape index (κ3) is 3.38. The van der Waals surface area contributed by atoms with Crippen LogP contribution < -0.4 is 5.32 Å². The predicted octanol–water partition coefficient (Wildman–Crippen LogP) is 3.22. The lowest BCUT2D eigenvalue weighted by Crippen LogP contribution is -2.34. The van der Waals surface area contributed by atoms with Gasteiger partial charge in [0, 0.05) is 17.1 Å². The van der Waals surface area contributed by atoms with E-state index in [2.05, 4.69) is 10.3 Å². The van der Waals surface area contributed by atoms with Crippen LogP contribution in [0.3, 0.4) is 0 Å². The van der Waals surface area contributed by atoms with Gasteiger partial charge in [-0.2, -0.15) is 0 Å². The van der Waals surface area contributed by atoms with Crippen LogP contribution in [0.25, 0.3) is 10.9 Å². The molecule has 122 valence electrons. The summed E-state index contributed by atoms with van der Waals surface area (Å²) in [7, 11) is 0. The molecule has 1 amide bonds. The van der Waals surface area contributed by atoms with Crippen LogP contribution in [0, 0.1) is 0 Å². The number of amides is 1. The molecule has 24 heavy (non-hydrogen) atoms. The molecule has 0 spiro atoms. The van der Waals surface area contributed by atoms with Gasteiger partial charge in [-0.1, -0.05) is 42.5 Å². The Morgan fingerprint density at radius 1 is 1.08 bits per heavy atom. The van der Waals surface area contributed by atoms with Crippen LogP contribution in [0.1, 0.15) is 17.2 Å². The van der Waals surface area contributed by atoms with E-state index in [1.165, 1.54) is 0 Å². The highest BCUT2D eigenvalue weighted by molar-refractivity contribution is 5.90. The molecular formula is C18H16N2O4. The van der Waals surface area contributed by atoms with Crippen molar-refractivity contribution < 1.29 is 19.4 Å². The number of ether oxygens (including phenoxy) is 1. The first-order valence-corrected chi connectivity index (χ1v) is 7.41. The number of carbonyl (C=O) groups is 2. The van der Waals surface area contributed by atoms with E-state index in [0.717, 1.165) is 16.5 Å². The van der Waals surface area contributed by atoms with Gasteiger partial charge in [-0.05, 0) is 23.3 Å². The van der Waals surface area contributed by atoms with E-state index in [-0.39, 0.29) is 6.61 Å². The summed E-state index contributed by atoms with van der Waals surface area (Å²) in [6.45, 7) is 0.0768. The Morgan fingerprint density at radius 3 is 2.62 bits per heavy atom. The third-order valence-corrected chi connectivity index (χ3v) is 3.66. The van der Waals surface area contributed by atoms with Crippen molar-refractivity contribution in [1.29, 1.82) is 0 Å². The van der Waals surface area contributed by atoms with Crippen molar-refractivity contribution in [2.24, 2.45) is 0 Å². The Bertz CT molecular complexity index is 858. The monoisotopic (exact) mass is 324 g/mol. The molecule has 1 unspecified atom stereocenters. The van der Waals surface area contributed by atoms with Crippen molar-refractivity contribution in [3.05, 3.63) is 71.9 Å². The fourth-order valence-corrected chi connectivity index (χ4v) is 2.52. The Morgan fingerprint density at radius 2 is 1.88 bits per heavy atom. The average Bonchev–Trinajstić information content (AvgIpc) is 3.07. The summed E-state index contributed by atoms with van der Waals surface area (Å²) in [5.41, 5.74) is 2.13. The Balaban J connectivity index is 1.73. The minimum absolute atomic E-state index is 0.0768. The van der Waals surface area contributed by atoms with Gasteiger partial charge in [-0.15, -0.1) is 0 Å². The van der Waals surface area contributed by atoms with Gasteiger partial charge in [-0.3, -0.25) is 0 Å². The van der Waals surface area contributed by atoms with Gasteiger partial charge < -0.3 is 20.1 Å². The number of fused-ring (bicyclic) bond motifs is 1. The topological polar surface area (TPSA) is 91.4 Å². The lowest BCUT2D eigenvalue weighted by molar-refractivity contribution is -0.139. The highest BCUT2D eigenvalue weighted by Crippen LogP contribution is 2.24. The van der Waals surface area contributed by atoms with Crippen LogP contribution in [-0.2, 0) is 16.1 Å². The van der Waals surface area contributed by atoms with Crippen molar-refractivity contribution in [3.8, 4) is 0 Å². The molecule has 0 aliphatic rings. The summed E-state index contributed by atoms with van der Waals surface area (Å²) in [6.07, 6.45) is 0.944. The number of hydrogen-bond acceptors (Lipinski definition) is 3. The number of carboxylic acids is 1. The third-order valence-electron chi connectivity index (χ3n) is 3.66. The van der Waals surface area contributed by atoms with Crippen LogP contribution in [0.4, 0.5) is 4.79 Å². The van der Waals surface area contributed by atoms with Gasteiger partial charge in [-0.25, -0.2) is 9.59 Å². The molecule has 3 aromatic rings. The molecule has 1 aromatic heterocycles. The molecule has 1 atom stereocenters. The number of benzene rings is 2. The zero-order valence-electron chi connectivity index (χ0n) is 12.7. The summed E-state index contributed by atoms with van der Waals surface area (Å²) in [4.78, 5) is 26.6. The van der Waals surface area contributed by atoms with Gasteiger partial charge >= 0.3 is 12.1 Å². The van der Waals surface area contributed by atoms with E-state index in [9.17, 15) is 14.7 Å². The lowest BCUT2D eigenvalue weighted by atomic mass is 10.0. The van der Waals surface area contributed by atoms with Crippen molar-refractivity contribution in [3.63, 3.8) is 0 Å². The Labute approximate surface area is 138 Å². The Kier molecular flexibility index (Phi) is 4.47. The van der Waals surface area contributed by atoms with E-state index >= 15 is 0 Å². The van der Waals surface area contributed by atoms with E-state index in [0.29, 0.717) is 5.56 Å². The number of nitrogens with one attached hydrogen (secondary N) is 2. The van der Waals surface area contributed by atoms with Gasteiger partial charge in [0.25, 0.3) is 0 Å². The molecule has 3 N–H and O–H groups in total. The molecule has 0 saturated carbocycles.